The molecule has 0 fully saturated rings. The van der Waals surface area contributed by atoms with Crippen molar-refractivity contribution in [2.24, 2.45) is 7.05 Å². The SMILES string of the molecule is Cn1ccnc1-c1noc(-c2cccc(O)c2)n1. The van der Waals surface area contributed by atoms with Crippen LogP contribution in [0.2, 0.25) is 0 Å². The van der Waals surface area contributed by atoms with Crippen LogP contribution in [0.5, 0.6) is 5.75 Å². The second-order valence-electron chi connectivity index (χ2n) is 3.84. The molecule has 2 heterocycles. The quantitative estimate of drug-likeness (QED) is 0.742. The molecular weight excluding hydrogens is 232 g/mol. The number of hydrogen-bond acceptors (Lipinski definition) is 5. The van der Waals surface area contributed by atoms with Crippen LogP contribution in [-0.4, -0.2) is 24.8 Å². The smallest absolute Gasteiger partial charge is 0.258 e. The lowest BCUT2D eigenvalue weighted by Crippen LogP contribution is -1.92. The van der Waals surface area contributed by atoms with Crippen LogP contribution in [0.1, 0.15) is 0 Å². The van der Waals surface area contributed by atoms with Crippen LogP contribution in [0, 0.1) is 0 Å². The summed E-state index contributed by atoms with van der Waals surface area (Å²) in [5, 5.41) is 13.3. The number of nitrogens with zero attached hydrogens (tertiary/aromatic N) is 4. The van der Waals surface area contributed by atoms with Gasteiger partial charge in [-0.2, -0.15) is 4.98 Å². The van der Waals surface area contributed by atoms with Gasteiger partial charge in [0.15, 0.2) is 5.82 Å². The van der Waals surface area contributed by atoms with Crippen LogP contribution < -0.4 is 0 Å². The van der Waals surface area contributed by atoms with Crippen LogP contribution in [0.25, 0.3) is 23.1 Å². The zero-order chi connectivity index (χ0) is 12.5. The van der Waals surface area contributed by atoms with Gasteiger partial charge in [0.1, 0.15) is 5.75 Å². The zero-order valence-corrected chi connectivity index (χ0v) is 9.61. The molecule has 0 radical (unpaired) electrons. The lowest BCUT2D eigenvalue weighted by molar-refractivity contribution is 0.430. The number of aromatic hydroxyl groups is 1. The van der Waals surface area contributed by atoms with Crippen molar-refractivity contribution < 1.29 is 9.63 Å². The van der Waals surface area contributed by atoms with Crippen molar-refractivity contribution in [3.8, 4) is 28.9 Å². The van der Waals surface area contributed by atoms with E-state index in [1.54, 1.807) is 41.2 Å². The van der Waals surface area contributed by atoms with Crippen molar-refractivity contribution in [1.29, 1.82) is 0 Å². The summed E-state index contributed by atoms with van der Waals surface area (Å²) < 4.78 is 6.96. The lowest BCUT2D eigenvalue weighted by atomic mass is 10.2. The summed E-state index contributed by atoms with van der Waals surface area (Å²) in [4.78, 5) is 8.39. The minimum atomic E-state index is 0.157. The predicted molar refractivity (Wildman–Crippen MR) is 63.6 cm³/mol. The lowest BCUT2D eigenvalue weighted by Gasteiger charge is -1.94. The third-order valence-corrected chi connectivity index (χ3v) is 2.54. The molecule has 0 aliphatic heterocycles. The van der Waals surface area contributed by atoms with E-state index in [0.717, 1.165) is 0 Å². The molecular formula is C12H10N4O2. The van der Waals surface area contributed by atoms with Crippen molar-refractivity contribution in [2.75, 3.05) is 0 Å². The van der Waals surface area contributed by atoms with Crippen molar-refractivity contribution in [2.45, 2.75) is 0 Å². The fourth-order valence-corrected chi connectivity index (χ4v) is 1.65. The van der Waals surface area contributed by atoms with Gasteiger partial charge in [0.2, 0.25) is 5.82 Å². The van der Waals surface area contributed by atoms with Crippen molar-refractivity contribution in [3.05, 3.63) is 36.7 Å². The average molecular weight is 242 g/mol. The number of phenols is 1. The molecule has 0 saturated heterocycles. The third-order valence-electron chi connectivity index (χ3n) is 2.54. The Labute approximate surface area is 103 Å². The van der Waals surface area contributed by atoms with Crippen molar-refractivity contribution in [1.82, 2.24) is 19.7 Å². The van der Waals surface area contributed by atoms with Crippen LogP contribution in [-0.2, 0) is 7.05 Å². The Hall–Kier alpha value is -2.63. The summed E-state index contributed by atoms with van der Waals surface area (Å²) in [5.41, 5.74) is 0.669. The highest BCUT2D eigenvalue weighted by Crippen LogP contribution is 2.23. The topological polar surface area (TPSA) is 77.0 Å². The maximum Gasteiger partial charge on any atom is 0.258 e. The Morgan fingerprint density at radius 1 is 1.33 bits per heavy atom. The Kier molecular flexibility index (Phi) is 2.33. The number of aromatic nitrogens is 4. The minimum absolute atomic E-state index is 0.157. The Bertz CT molecular complexity index is 687. The molecule has 0 aliphatic carbocycles. The second kappa shape index (κ2) is 3.99. The summed E-state index contributed by atoms with van der Waals surface area (Å²) in [7, 11) is 1.85. The van der Waals surface area contributed by atoms with Gasteiger partial charge in [0, 0.05) is 25.0 Å². The molecule has 3 rings (SSSR count). The zero-order valence-electron chi connectivity index (χ0n) is 9.61. The molecule has 90 valence electrons. The van der Waals surface area contributed by atoms with Gasteiger partial charge in [-0.15, -0.1) is 0 Å². The van der Waals surface area contributed by atoms with Crippen LogP contribution in [0.4, 0.5) is 0 Å². The van der Waals surface area contributed by atoms with Crippen molar-refractivity contribution >= 4 is 0 Å². The monoisotopic (exact) mass is 242 g/mol. The summed E-state index contributed by atoms with van der Waals surface area (Å²) in [5.74, 6) is 1.55. The molecule has 18 heavy (non-hydrogen) atoms. The summed E-state index contributed by atoms with van der Waals surface area (Å²) in [6, 6.07) is 6.65. The second-order valence-corrected chi connectivity index (χ2v) is 3.84. The van der Waals surface area contributed by atoms with Crippen molar-refractivity contribution in [3.63, 3.8) is 0 Å². The average Bonchev–Trinajstić information content (AvgIpc) is 2.97. The highest BCUT2D eigenvalue weighted by molar-refractivity contribution is 5.57. The molecule has 1 N–H and O–H groups in total. The Balaban J connectivity index is 2.02. The van der Waals surface area contributed by atoms with Gasteiger partial charge in [-0.1, -0.05) is 11.2 Å². The fraction of sp³-hybridized carbons (Fsp3) is 0.0833. The third kappa shape index (κ3) is 1.73. The predicted octanol–water partition coefficient (Wildman–Crippen LogP) is 1.84. The van der Waals surface area contributed by atoms with E-state index in [9.17, 15) is 5.11 Å². The van der Waals surface area contributed by atoms with E-state index in [2.05, 4.69) is 15.1 Å². The van der Waals surface area contributed by atoms with E-state index in [1.807, 2.05) is 7.05 Å². The van der Waals surface area contributed by atoms with E-state index >= 15 is 0 Å². The molecule has 6 nitrogen and oxygen atoms in total. The minimum Gasteiger partial charge on any atom is -0.508 e. The fourth-order valence-electron chi connectivity index (χ4n) is 1.65. The number of benzene rings is 1. The molecule has 0 aliphatic rings. The standard InChI is InChI=1S/C12H10N4O2/c1-16-6-5-13-11(16)10-14-12(18-15-10)8-3-2-4-9(17)7-8/h2-7,17H,1H3. The van der Waals surface area contributed by atoms with E-state index in [1.165, 1.54) is 0 Å². The molecule has 0 bridgehead atoms. The molecule has 1 aromatic carbocycles. The normalized spacial score (nSPS) is 10.7. The molecule has 0 unspecified atom stereocenters. The highest BCUT2D eigenvalue weighted by atomic mass is 16.5. The maximum absolute atomic E-state index is 9.40. The van der Waals surface area contributed by atoms with E-state index in [4.69, 9.17) is 4.52 Å². The Morgan fingerprint density at radius 2 is 2.22 bits per heavy atom. The van der Waals surface area contributed by atoms with E-state index in [0.29, 0.717) is 23.1 Å². The molecule has 0 saturated carbocycles. The number of imidazole rings is 1. The first kappa shape index (κ1) is 10.5. The van der Waals surface area contributed by atoms with Gasteiger partial charge >= 0.3 is 0 Å². The largest absolute Gasteiger partial charge is 0.508 e. The van der Waals surface area contributed by atoms with Crippen LogP contribution >= 0.6 is 0 Å². The molecule has 0 amide bonds. The highest BCUT2D eigenvalue weighted by Gasteiger charge is 2.13. The molecule has 3 aromatic rings. The number of rotatable bonds is 2. The summed E-state index contributed by atoms with van der Waals surface area (Å²) in [6.07, 6.45) is 3.47. The van der Waals surface area contributed by atoms with Gasteiger partial charge in [-0.3, -0.25) is 0 Å². The summed E-state index contributed by atoms with van der Waals surface area (Å²) in [6.45, 7) is 0. The van der Waals surface area contributed by atoms with Crippen LogP contribution in [0.3, 0.4) is 0 Å². The van der Waals surface area contributed by atoms with Gasteiger partial charge in [-0.25, -0.2) is 4.98 Å². The van der Waals surface area contributed by atoms with Gasteiger partial charge in [-0.05, 0) is 18.2 Å². The molecule has 0 atom stereocenters. The molecule has 0 spiro atoms. The number of aryl methyl sites for hydroxylation is 1. The van der Waals surface area contributed by atoms with Crippen LogP contribution in [0.15, 0.2) is 41.2 Å². The van der Waals surface area contributed by atoms with Gasteiger partial charge < -0.3 is 14.2 Å². The van der Waals surface area contributed by atoms with E-state index < -0.39 is 0 Å². The summed E-state index contributed by atoms with van der Waals surface area (Å²) >= 11 is 0. The first-order chi connectivity index (χ1) is 8.74. The van der Waals surface area contributed by atoms with Gasteiger partial charge in [0.25, 0.3) is 5.89 Å². The Morgan fingerprint density at radius 3 is 2.94 bits per heavy atom. The molecule has 2 aromatic heterocycles. The number of hydrogen-bond donors (Lipinski definition) is 1. The maximum atomic E-state index is 9.40. The first-order valence-corrected chi connectivity index (χ1v) is 5.35. The van der Waals surface area contributed by atoms with E-state index in [-0.39, 0.29) is 5.75 Å². The number of phenolic OH excluding ortho intramolecular Hbond substituents is 1. The molecule has 6 heteroatoms. The first-order valence-electron chi connectivity index (χ1n) is 5.35. The van der Waals surface area contributed by atoms with Gasteiger partial charge in [0.05, 0.1) is 0 Å².